The fraction of sp³-hybridized carbons (Fsp3) is 0.357. The molecule has 0 saturated carbocycles. The molecule has 0 radical (unpaired) electrons. The number of ether oxygens (including phenoxy) is 1. The second-order valence-corrected chi connectivity index (χ2v) is 7.68. The normalized spacial score (nSPS) is 11.9. The van der Waals surface area contributed by atoms with E-state index in [9.17, 15) is 8.42 Å². The van der Waals surface area contributed by atoms with Gasteiger partial charge >= 0.3 is 0 Å². The van der Waals surface area contributed by atoms with E-state index in [1.807, 2.05) is 24.3 Å². The molecule has 0 aliphatic heterocycles. The molecular formula is C14H17BrN2O4S. The van der Waals surface area contributed by atoms with Crippen LogP contribution in [0.2, 0.25) is 0 Å². The van der Waals surface area contributed by atoms with Crippen molar-refractivity contribution in [3.63, 3.8) is 0 Å². The van der Waals surface area contributed by atoms with Gasteiger partial charge in [-0.25, -0.2) is 8.42 Å². The summed E-state index contributed by atoms with van der Waals surface area (Å²) in [5, 5.41) is 3.69. The summed E-state index contributed by atoms with van der Waals surface area (Å²) >= 11 is 3.35. The van der Waals surface area contributed by atoms with Crippen molar-refractivity contribution in [2.75, 3.05) is 20.2 Å². The monoisotopic (exact) mass is 388 g/mol. The molecule has 0 bridgehead atoms. The maximum Gasteiger partial charge on any atom is 0.248 e. The molecule has 1 aromatic heterocycles. The zero-order valence-electron chi connectivity index (χ0n) is 12.5. The number of benzene rings is 1. The number of sulfonamides is 1. The average molecular weight is 389 g/mol. The Bertz CT molecular complexity index is 738. The van der Waals surface area contributed by atoms with Crippen molar-refractivity contribution in [3.05, 3.63) is 40.2 Å². The predicted octanol–water partition coefficient (Wildman–Crippen LogP) is 2.75. The number of aryl methyl sites for hydroxylation is 2. The number of halogens is 1. The highest BCUT2D eigenvalue weighted by Gasteiger charge is 2.28. The van der Waals surface area contributed by atoms with Crippen molar-refractivity contribution in [2.24, 2.45) is 0 Å². The summed E-state index contributed by atoms with van der Waals surface area (Å²) in [4.78, 5) is 0.123. The van der Waals surface area contributed by atoms with E-state index in [0.717, 1.165) is 4.47 Å². The van der Waals surface area contributed by atoms with Gasteiger partial charge in [-0.05, 0) is 32.0 Å². The van der Waals surface area contributed by atoms with E-state index in [-0.39, 0.29) is 23.8 Å². The third-order valence-electron chi connectivity index (χ3n) is 3.11. The van der Waals surface area contributed by atoms with Gasteiger partial charge in [0, 0.05) is 18.1 Å². The highest BCUT2D eigenvalue weighted by Crippen LogP contribution is 2.22. The lowest BCUT2D eigenvalue weighted by atomic mass is 10.3. The lowest BCUT2D eigenvalue weighted by Crippen LogP contribution is -2.31. The molecule has 8 heteroatoms. The van der Waals surface area contributed by atoms with Crippen molar-refractivity contribution in [1.29, 1.82) is 0 Å². The lowest BCUT2D eigenvalue weighted by Gasteiger charge is -2.17. The van der Waals surface area contributed by atoms with Crippen molar-refractivity contribution in [1.82, 2.24) is 9.46 Å². The molecule has 2 aromatic rings. The summed E-state index contributed by atoms with van der Waals surface area (Å²) in [6, 6.07) is 7.38. The maximum absolute atomic E-state index is 12.5. The van der Waals surface area contributed by atoms with Gasteiger partial charge < -0.3 is 9.26 Å². The van der Waals surface area contributed by atoms with E-state index in [2.05, 4.69) is 21.1 Å². The molecule has 120 valence electrons. The summed E-state index contributed by atoms with van der Waals surface area (Å²) < 4.78 is 37.6. The molecule has 2 rings (SSSR count). The summed E-state index contributed by atoms with van der Waals surface area (Å²) in [5.74, 6) is 0.967. The van der Waals surface area contributed by atoms with Crippen LogP contribution in [-0.2, 0) is 10.0 Å². The van der Waals surface area contributed by atoms with Gasteiger partial charge in [0.1, 0.15) is 22.9 Å². The first-order valence-electron chi connectivity index (χ1n) is 6.60. The number of aromatic nitrogens is 1. The minimum atomic E-state index is -3.63. The van der Waals surface area contributed by atoms with Crippen LogP contribution in [0.3, 0.4) is 0 Å². The zero-order chi connectivity index (χ0) is 16.3. The largest absolute Gasteiger partial charge is 0.492 e. The molecule has 0 N–H and O–H groups in total. The quantitative estimate of drug-likeness (QED) is 0.760. The fourth-order valence-corrected chi connectivity index (χ4v) is 3.78. The van der Waals surface area contributed by atoms with Crippen LogP contribution in [0.1, 0.15) is 11.5 Å². The van der Waals surface area contributed by atoms with Gasteiger partial charge in [-0.15, -0.1) is 0 Å². The molecule has 6 nitrogen and oxygen atoms in total. The molecule has 0 atom stereocenters. The standard InChI is InChI=1S/C14H17BrN2O4S/c1-10-14(11(2)21-16-10)22(18,19)17(3)7-8-20-13-6-4-5-12(15)9-13/h4-6,9H,7-8H2,1-3H3. The van der Waals surface area contributed by atoms with Gasteiger partial charge in [0.25, 0.3) is 0 Å². The molecule has 0 saturated heterocycles. The topological polar surface area (TPSA) is 72.6 Å². The Hall–Kier alpha value is -1.38. The van der Waals surface area contributed by atoms with Gasteiger partial charge in [0.05, 0.1) is 0 Å². The van der Waals surface area contributed by atoms with Crippen LogP contribution in [0.15, 0.2) is 38.2 Å². The second kappa shape index (κ2) is 6.80. The number of hydrogen-bond acceptors (Lipinski definition) is 5. The van der Waals surface area contributed by atoms with Gasteiger partial charge in [0.2, 0.25) is 10.0 Å². The summed E-state index contributed by atoms with van der Waals surface area (Å²) in [5.41, 5.74) is 0.359. The van der Waals surface area contributed by atoms with E-state index in [1.54, 1.807) is 13.8 Å². The van der Waals surface area contributed by atoms with E-state index in [4.69, 9.17) is 9.26 Å². The summed E-state index contributed by atoms with van der Waals surface area (Å²) in [6.07, 6.45) is 0. The van der Waals surface area contributed by atoms with Crippen LogP contribution in [0.25, 0.3) is 0 Å². The predicted molar refractivity (Wildman–Crippen MR) is 85.4 cm³/mol. The summed E-state index contributed by atoms with van der Waals surface area (Å²) in [6.45, 7) is 3.66. The molecule has 1 aromatic carbocycles. The fourth-order valence-electron chi connectivity index (χ4n) is 1.97. The second-order valence-electron chi connectivity index (χ2n) is 4.79. The molecular weight excluding hydrogens is 372 g/mol. The molecule has 0 fully saturated rings. The molecule has 1 heterocycles. The number of rotatable bonds is 6. The van der Waals surface area contributed by atoms with Gasteiger partial charge in [-0.3, -0.25) is 0 Å². The molecule has 0 unspecified atom stereocenters. The maximum atomic E-state index is 12.5. The first-order valence-corrected chi connectivity index (χ1v) is 8.83. The first kappa shape index (κ1) is 17.0. The molecule has 22 heavy (non-hydrogen) atoms. The van der Waals surface area contributed by atoms with Gasteiger partial charge in [0.15, 0.2) is 5.76 Å². The Morgan fingerprint density at radius 3 is 2.68 bits per heavy atom. The van der Waals surface area contributed by atoms with Gasteiger partial charge in [-0.1, -0.05) is 27.2 Å². The van der Waals surface area contributed by atoms with Crippen molar-refractivity contribution in [2.45, 2.75) is 18.7 Å². The van der Waals surface area contributed by atoms with Crippen LogP contribution < -0.4 is 4.74 Å². The number of likely N-dealkylation sites (N-methyl/N-ethyl adjacent to an activating group) is 1. The van der Waals surface area contributed by atoms with Crippen LogP contribution >= 0.6 is 15.9 Å². The third-order valence-corrected chi connectivity index (χ3v) is 5.70. The minimum Gasteiger partial charge on any atom is -0.492 e. The third kappa shape index (κ3) is 3.68. The molecule has 0 aliphatic rings. The highest BCUT2D eigenvalue weighted by molar-refractivity contribution is 9.10. The van der Waals surface area contributed by atoms with Crippen LogP contribution in [-0.4, -0.2) is 38.1 Å². The Morgan fingerprint density at radius 1 is 1.36 bits per heavy atom. The first-order chi connectivity index (χ1) is 10.3. The minimum absolute atomic E-state index is 0.123. The Labute approximate surface area is 138 Å². The molecule has 0 aliphatic carbocycles. The summed E-state index contributed by atoms with van der Waals surface area (Å²) in [7, 11) is -2.13. The van der Waals surface area contributed by atoms with Crippen LogP contribution in [0.5, 0.6) is 5.75 Å². The Morgan fingerprint density at radius 2 is 2.09 bits per heavy atom. The molecule has 0 amide bonds. The van der Waals surface area contributed by atoms with Crippen molar-refractivity contribution < 1.29 is 17.7 Å². The average Bonchev–Trinajstić information content (AvgIpc) is 2.78. The van der Waals surface area contributed by atoms with E-state index < -0.39 is 10.0 Å². The van der Waals surface area contributed by atoms with E-state index in [1.165, 1.54) is 11.4 Å². The Balaban J connectivity index is 2.01. The molecule has 0 spiro atoms. The number of nitrogens with zero attached hydrogens (tertiary/aromatic N) is 2. The number of hydrogen-bond donors (Lipinski definition) is 0. The van der Waals surface area contributed by atoms with Crippen LogP contribution in [0.4, 0.5) is 0 Å². The van der Waals surface area contributed by atoms with Gasteiger partial charge in [-0.2, -0.15) is 4.31 Å². The zero-order valence-corrected chi connectivity index (χ0v) is 14.9. The Kier molecular flexibility index (Phi) is 5.25. The SMILES string of the molecule is Cc1noc(C)c1S(=O)(=O)N(C)CCOc1cccc(Br)c1. The van der Waals surface area contributed by atoms with E-state index in [0.29, 0.717) is 11.4 Å². The van der Waals surface area contributed by atoms with E-state index >= 15 is 0 Å². The lowest BCUT2D eigenvalue weighted by molar-refractivity contribution is 0.286. The highest BCUT2D eigenvalue weighted by atomic mass is 79.9. The van der Waals surface area contributed by atoms with Crippen molar-refractivity contribution >= 4 is 26.0 Å². The van der Waals surface area contributed by atoms with Crippen LogP contribution in [0, 0.1) is 13.8 Å². The van der Waals surface area contributed by atoms with Crippen molar-refractivity contribution in [3.8, 4) is 5.75 Å². The smallest absolute Gasteiger partial charge is 0.248 e.